The predicted molar refractivity (Wildman–Crippen MR) is 54.7 cm³/mol. The van der Waals surface area contributed by atoms with E-state index in [1.54, 1.807) is 11.3 Å². The van der Waals surface area contributed by atoms with Crippen molar-refractivity contribution in [3.05, 3.63) is 17.0 Å². The number of amides is 1. The summed E-state index contributed by atoms with van der Waals surface area (Å²) in [6.07, 6.45) is 0. The third-order valence-electron chi connectivity index (χ3n) is 1.03. The summed E-state index contributed by atoms with van der Waals surface area (Å²) in [5.74, 6) is -0.0122. The fourth-order valence-electron chi connectivity index (χ4n) is 0.670. The first kappa shape index (κ1) is 11.2. The maximum Gasteiger partial charge on any atom is 0.221 e. The van der Waals surface area contributed by atoms with Crippen LogP contribution in [-0.2, 0) is 4.79 Å². The first-order valence-electron chi connectivity index (χ1n) is 4.01. The van der Waals surface area contributed by atoms with Crippen LogP contribution in [0.4, 0.5) is 5.00 Å². The number of thiophene rings is 1. The van der Waals surface area contributed by atoms with Gasteiger partial charge in [-0.25, -0.2) is 0 Å². The van der Waals surface area contributed by atoms with Gasteiger partial charge in [0.15, 0.2) is 0 Å². The molecule has 0 aliphatic carbocycles. The lowest BCUT2D eigenvalue weighted by Gasteiger charge is -1.92. The standard InChI is InChI=1S/C7H9NOS.C2H6/c1-5-3-7(10-4-5)8-6(2)9;1-2/h3-4H,1-2H3,(H,8,9);1-2H3. The lowest BCUT2D eigenvalue weighted by Crippen LogP contribution is -2.03. The predicted octanol–water partition coefficient (Wildman–Crippen LogP) is 3.04. The Morgan fingerprint density at radius 3 is 2.42 bits per heavy atom. The number of aryl methyl sites for hydroxylation is 1. The number of carbonyl (C=O) groups excluding carboxylic acids is 1. The molecule has 0 aliphatic heterocycles. The summed E-state index contributed by atoms with van der Waals surface area (Å²) in [6, 6.07) is 1.95. The summed E-state index contributed by atoms with van der Waals surface area (Å²) in [6.45, 7) is 7.51. The van der Waals surface area contributed by atoms with E-state index in [1.807, 2.05) is 32.2 Å². The van der Waals surface area contributed by atoms with E-state index in [2.05, 4.69) is 5.32 Å². The van der Waals surface area contributed by atoms with E-state index >= 15 is 0 Å². The zero-order valence-corrected chi connectivity index (χ0v) is 8.79. The van der Waals surface area contributed by atoms with Crippen LogP contribution >= 0.6 is 11.3 Å². The monoisotopic (exact) mass is 185 g/mol. The zero-order chi connectivity index (χ0) is 9.56. The molecule has 0 bridgehead atoms. The largest absolute Gasteiger partial charge is 0.318 e. The first-order chi connectivity index (χ1) is 5.68. The molecule has 0 radical (unpaired) electrons. The highest BCUT2D eigenvalue weighted by atomic mass is 32.1. The number of carbonyl (C=O) groups is 1. The number of rotatable bonds is 1. The van der Waals surface area contributed by atoms with E-state index in [0.29, 0.717) is 0 Å². The van der Waals surface area contributed by atoms with Crippen molar-refractivity contribution in [1.29, 1.82) is 0 Å². The summed E-state index contributed by atoms with van der Waals surface area (Å²) in [4.78, 5) is 10.5. The second kappa shape index (κ2) is 5.77. The molecular formula is C9H15NOS. The van der Waals surface area contributed by atoms with Gasteiger partial charge in [-0.3, -0.25) is 4.79 Å². The lowest BCUT2D eigenvalue weighted by atomic mass is 10.4. The third-order valence-corrected chi connectivity index (χ3v) is 1.99. The van der Waals surface area contributed by atoms with Crippen LogP contribution in [0.3, 0.4) is 0 Å². The molecule has 3 heteroatoms. The fraction of sp³-hybridized carbons (Fsp3) is 0.444. The summed E-state index contributed by atoms with van der Waals surface area (Å²) in [5.41, 5.74) is 1.19. The van der Waals surface area contributed by atoms with Crippen molar-refractivity contribution in [2.24, 2.45) is 0 Å². The van der Waals surface area contributed by atoms with Crippen molar-refractivity contribution in [2.45, 2.75) is 27.7 Å². The smallest absolute Gasteiger partial charge is 0.221 e. The molecule has 1 amide bonds. The van der Waals surface area contributed by atoms with Gasteiger partial charge in [-0.15, -0.1) is 11.3 Å². The van der Waals surface area contributed by atoms with Gasteiger partial charge < -0.3 is 5.32 Å². The van der Waals surface area contributed by atoms with Crippen LogP contribution in [0.15, 0.2) is 11.4 Å². The van der Waals surface area contributed by atoms with Crippen LogP contribution in [0.5, 0.6) is 0 Å². The van der Waals surface area contributed by atoms with Crippen molar-refractivity contribution in [1.82, 2.24) is 0 Å². The Labute approximate surface area is 77.6 Å². The van der Waals surface area contributed by atoms with Gasteiger partial charge in [0.2, 0.25) is 5.91 Å². The van der Waals surface area contributed by atoms with Crippen LogP contribution in [0.1, 0.15) is 26.3 Å². The van der Waals surface area contributed by atoms with Crippen molar-refractivity contribution in [2.75, 3.05) is 5.32 Å². The first-order valence-corrected chi connectivity index (χ1v) is 4.89. The Hall–Kier alpha value is -0.830. The highest BCUT2D eigenvalue weighted by Crippen LogP contribution is 2.18. The van der Waals surface area contributed by atoms with E-state index < -0.39 is 0 Å². The van der Waals surface area contributed by atoms with Crippen molar-refractivity contribution >= 4 is 22.2 Å². The molecule has 2 nitrogen and oxygen atoms in total. The van der Waals surface area contributed by atoms with Gasteiger partial charge in [-0.05, 0) is 23.9 Å². The van der Waals surface area contributed by atoms with Gasteiger partial charge in [-0.2, -0.15) is 0 Å². The average molecular weight is 185 g/mol. The molecule has 1 N–H and O–H groups in total. The topological polar surface area (TPSA) is 29.1 Å². The molecule has 1 rings (SSSR count). The summed E-state index contributed by atoms with van der Waals surface area (Å²) >= 11 is 1.55. The molecule has 1 aromatic heterocycles. The summed E-state index contributed by atoms with van der Waals surface area (Å²) in [7, 11) is 0. The van der Waals surface area contributed by atoms with Crippen LogP contribution < -0.4 is 5.32 Å². The van der Waals surface area contributed by atoms with E-state index in [9.17, 15) is 4.79 Å². The van der Waals surface area contributed by atoms with E-state index in [1.165, 1.54) is 12.5 Å². The van der Waals surface area contributed by atoms with Gasteiger partial charge in [0.25, 0.3) is 0 Å². The van der Waals surface area contributed by atoms with Crippen LogP contribution in [-0.4, -0.2) is 5.91 Å². The molecule has 0 aliphatic rings. The highest BCUT2D eigenvalue weighted by molar-refractivity contribution is 7.14. The van der Waals surface area contributed by atoms with Gasteiger partial charge in [-0.1, -0.05) is 13.8 Å². The molecule has 0 saturated carbocycles. The van der Waals surface area contributed by atoms with Crippen LogP contribution in [0.25, 0.3) is 0 Å². The minimum atomic E-state index is -0.0122. The molecule has 12 heavy (non-hydrogen) atoms. The minimum absolute atomic E-state index is 0.0122. The SMILES string of the molecule is CC.CC(=O)Nc1cc(C)cs1. The normalized spacial score (nSPS) is 8.33. The van der Waals surface area contributed by atoms with Crippen molar-refractivity contribution in [3.63, 3.8) is 0 Å². The van der Waals surface area contributed by atoms with E-state index in [-0.39, 0.29) is 5.91 Å². The van der Waals surface area contributed by atoms with Crippen molar-refractivity contribution < 1.29 is 4.79 Å². The highest BCUT2D eigenvalue weighted by Gasteiger charge is 1.96. The third kappa shape index (κ3) is 4.13. The molecule has 0 aromatic carbocycles. The van der Waals surface area contributed by atoms with Crippen molar-refractivity contribution in [3.8, 4) is 0 Å². The van der Waals surface area contributed by atoms with Gasteiger partial charge in [0.1, 0.15) is 0 Å². The second-order valence-electron chi connectivity index (χ2n) is 2.17. The molecule has 0 fully saturated rings. The molecular weight excluding hydrogens is 170 g/mol. The number of nitrogens with one attached hydrogen (secondary N) is 1. The van der Waals surface area contributed by atoms with Gasteiger partial charge in [0, 0.05) is 6.92 Å². The summed E-state index contributed by atoms with van der Waals surface area (Å²) < 4.78 is 0. The Balaban J connectivity index is 0.000000561. The molecule has 1 heterocycles. The maximum absolute atomic E-state index is 10.5. The average Bonchev–Trinajstić information content (AvgIpc) is 2.39. The number of hydrogen-bond donors (Lipinski definition) is 1. The quantitative estimate of drug-likeness (QED) is 0.716. The van der Waals surface area contributed by atoms with Gasteiger partial charge in [0.05, 0.1) is 5.00 Å². The van der Waals surface area contributed by atoms with E-state index in [0.717, 1.165) is 5.00 Å². The second-order valence-corrected chi connectivity index (χ2v) is 3.08. The zero-order valence-electron chi connectivity index (χ0n) is 7.97. The van der Waals surface area contributed by atoms with Crippen LogP contribution in [0, 0.1) is 6.92 Å². The maximum atomic E-state index is 10.5. The summed E-state index contributed by atoms with van der Waals surface area (Å²) in [5, 5.41) is 5.63. The molecule has 0 saturated heterocycles. The molecule has 0 spiro atoms. The minimum Gasteiger partial charge on any atom is -0.318 e. The Kier molecular flexibility index (Phi) is 5.37. The fourth-order valence-corrected chi connectivity index (χ4v) is 1.51. The Bertz CT molecular complexity index is 242. The molecule has 0 atom stereocenters. The van der Waals surface area contributed by atoms with Crippen LogP contribution in [0.2, 0.25) is 0 Å². The Morgan fingerprint density at radius 1 is 1.50 bits per heavy atom. The van der Waals surface area contributed by atoms with E-state index in [4.69, 9.17) is 0 Å². The van der Waals surface area contributed by atoms with Gasteiger partial charge >= 0.3 is 0 Å². The molecule has 1 aromatic rings. The Morgan fingerprint density at radius 2 is 2.08 bits per heavy atom. The molecule has 68 valence electrons. The molecule has 0 unspecified atom stereocenters. The number of hydrogen-bond acceptors (Lipinski definition) is 2. The number of anilines is 1. The lowest BCUT2D eigenvalue weighted by molar-refractivity contribution is -0.114.